The van der Waals surface area contributed by atoms with Gasteiger partial charge in [-0.2, -0.15) is 0 Å². The largest absolute Gasteiger partial charge is 0.493 e. The van der Waals surface area contributed by atoms with Gasteiger partial charge in [0.1, 0.15) is 0 Å². The summed E-state index contributed by atoms with van der Waals surface area (Å²) < 4.78 is 10.5. The van der Waals surface area contributed by atoms with E-state index in [4.69, 9.17) is 9.47 Å². The minimum Gasteiger partial charge on any atom is -0.493 e. The van der Waals surface area contributed by atoms with E-state index in [2.05, 4.69) is 25.2 Å². The summed E-state index contributed by atoms with van der Waals surface area (Å²) in [6, 6.07) is 13.4. The summed E-state index contributed by atoms with van der Waals surface area (Å²) >= 11 is 0. The van der Waals surface area contributed by atoms with Gasteiger partial charge in [0.05, 0.1) is 14.2 Å². The van der Waals surface area contributed by atoms with Crippen LogP contribution in [0.25, 0.3) is 6.08 Å². The van der Waals surface area contributed by atoms with Gasteiger partial charge in [0.2, 0.25) is 5.91 Å². The van der Waals surface area contributed by atoms with E-state index >= 15 is 0 Å². The molecule has 0 saturated heterocycles. The number of methoxy groups -OCH3 is 2. The minimum absolute atomic E-state index is 0.175. The molecule has 0 heterocycles. The van der Waals surface area contributed by atoms with Gasteiger partial charge in [-0.25, -0.2) is 0 Å². The molecular weight excluding hydrogens is 302 g/mol. The van der Waals surface area contributed by atoms with Crippen LogP contribution in [-0.2, 0) is 4.79 Å². The van der Waals surface area contributed by atoms with Crippen molar-refractivity contribution in [1.82, 2.24) is 0 Å². The molecule has 4 heteroatoms. The first-order valence-corrected chi connectivity index (χ1v) is 7.84. The Labute approximate surface area is 143 Å². The molecule has 0 bridgehead atoms. The van der Waals surface area contributed by atoms with Gasteiger partial charge in [-0.3, -0.25) is 4.79 Å². The summed E-state index contributed by atoms with van der Waals surface area (Å²) in [6.07, 6.45) is 3.24. The SMILES string of the molecule is COc1ccc(/C=C/C(=O)Nc2cccc(C(C)C)c2)cc1OC. The van der Waals surface area contributed by atoms with Gasteiger partial charge in [0.25, 0.3) is 0 Å². The lowest BCUT2D eigenvalue weighted by Crippen LogP contribution is -2.08. The van der Waals surface area contributed by atoms with E-state index in [9.17, 15) is 4.79 Å². The number of anilines is 1. The Hall–Kier alpha value is -2.75. The van der Waals surface area contributed by atoms with Crippen LogP contribution in [0.2, 0.25) is 0 Å². The number of hydrogen-bond donors (Lipinski definition) is 1. The summed E-state index contributed by atoms with van der Waals surface area (Å²) in [5, 5.41) is 2.88. The van der Waals surface area contributed by atoms with E-state index in [0.29, 0.717) is 17.4 Å². The molecule has 1 amide bonds. The van der Waals surface area contributed by atoms with Crippen LogP contribution in [0.4, 0.5) is 5.69 Å². The maximum atomic E-state index is 12.1. The summed E-state index contributed by atoms with van der Waals surface area (Å²) in [6.45, 7) is 4.25. The summed E-state index contributed by atoms with van der Waals surface area (Å²) in [7, 11) is 3.17. The van der Waals surface area contributed by atoms with Gasteiger partial charge in [0, 0.05) is 11.8 Å². The maximum absolute atomic E-state index is 12.1. The van der Waals surface area contributed by atoms with Crippen molar-refractivity contribution in [3.05, 3.63) is 59.7 Å². The first kappa shape index (κ1) is 17.6. The quantitative estimate of drug-likeness (QED) is 0.797. The van der Waals surface area contributed by atoms with Crippen LogP contribution in [0, 0.1) is 0 Å². The Morgan fingerprint density at radius 1 is 1.04 bits per heavy atom. The van der Waals surface area contributed by atoms with Crippen LogP contribution < -0.4 is 14.8 Å². The lowest BCUT2D eigenvalue weighted by atomic mass is 10.0. The highest BCUT2D eigenvalue weighted by Crippen LogP contribution is 2.28. The molecule has 1 N–H and O–H groups in total. The maximum Gasteiger partial charge on any atom is 0.248 e. The van der Waals surface area contributed by atoms with Gasteiger partial charge in [0.15, 0.2) is 11.5 Å². The van der Waals surface area contributed by atoms with Crippen molar-refractivity contribution in [2.24, 2.45) is 0 Å². The van der Waals surface area contributed by atoms with E-state index < -0.39 is 0 Å². The molecule has 0 atom stereocenters. The van der Waals surface area contributed by atoms with Gasteiger partial charge in [-0.05, 0) is 47.4 Å². The van der Waals surface area contributed by atoms with Crippen molar-refractivity contribution in [2.75, 3.05) is 19.5 Å². The zero-order chi connectivity index (χ0) is 17.5. The Bertz CT molecular complexity index is 735. The molecule has 0 aliphatic heterocycles. The molecule has 126 valence electrons. The smallest absolute Gasteiger partial charge is 0.248 e. The Morgan fingerprint density at radius 3 is 2.46 bits per heavy atom. The van der Waals surface area contributed by atoms with Crippen LogP contribution in [-0.4, -0.2) is 20.1 Å². The number of benzene rings is 2. The van der Waals surface area contributed by atoms with Crippen molar-refractivity contribution >= 4 is 17.7 Å². The van der Waals surface area contributed by atoms with Crippen LogP contribution in [0.1, 0.15) is 30.9 Å². The van der Waals surface area contributed by atoms with E-state index in [1.54, 1.807) is 20.3 Å². The van der Waals surface area contributed by atoms with Gasteiger partial charge >= 0.3 is 0 Å². The Balaban J connectivity index is 2.06. The summed E-state index contributed by atoms with van der Waals surface area (Å²) in [5.74, 6) is 1.53. The zero-order valence-electron chi connectivity index (χ0n) is 14.5. The van der Waals surface area contributed by atoms with Crippen LogP contribution >= 0.6 is 0 Å². The van der Waals surface area contributed by atoms with E-state index in [0.717, 1.165) is 11.3 Å². The van der Waals surface area contributed by atoms with E-state index in [1.165, 1.54) is 11.6 Å². The molecule has 2 aromatic rings. The summed E-state index contributed by atoms with van der Waals surface area (Å²) in [4.78, 5) is 12.1. The molecule has 0 aliphatic carbocycles. The third kappa shape index (κ3) is 4.62. The molecule has 2 rings (SSSR count). The number of ether oxygens (including phenoxy) is 2. The first-order chi connectivity index (χ1) is 11.5. The lowest BCUT2D eigenvalue weighted by molar-refractivity contribution is -0.111. The number of amides is 1. The predicted molar refractivity (Wildman–Crippen MR) is 97.7 cm³/mol. The molecule has 0 fully saturated rings. The average molecular weight is 325 g/mol. The highest BCUT2D eigenvalue weighted by atomic mass is 16.5. The number of rotatable bonds is 6. The van der Waals surface area contributed by atoms with Gasteiger partial charge in [-0.1, -0.05) is 32.0 Å². The van der Waals surface area contributed by atoms with Gasteiger partial charge < -0.3 is 14.8 Å². The lowest BCUT2D eigenvalue weighted by Gasteiger charge is -2.08. The second-order valence-corrected chi connectivity index (χ2v) is 5.72. The van der Waals surface area contributed by atoms with Crippen molar-refractivity contribution in [1.29, 1.82) is 0 Å². The van der Waals surface area contributed by atoms with E-state index in [-0.39, 0.29) is 5.91 Å². The van der Waals surface area contributed by atoms with Crippen LogP contribution in [0.15, 0.2) is 48.5 Å². The van der Waals surface area contributed by atoms with Crippen molar-refractivity contribution in [3.63, 3.8) is 0 Å². The Morgan fingerprint density at radius 2 is 1.79 bits per heavy atom. The fourth-order valence-corrected chi connectivity index (χ4v) is 2.29. The fourth-order valence-electron chi connectivity index (χ4n) is 2.29. The standard InChI is InChI=1S/C20H23NO3/c1-14(2)16-6-5-7-17(13-16)21-20(22)11-9-15-8-10-18(23-3)19(12-15)24-4/h5-14H,1-4H3,(H,21,22)/b11-9+. The zero-order valence-corrected chi connectivity index (χ0v) is 14.5. The number of hydrogen-bond acceptors (Lipinski definition) is 3. The molecular formula is C20H23NO3. The second-order valence-electron chi connectivity index (χ2n) is 5.72. The predicted octanol–water partition coefficient (Wildman–Crippen LogP) is 4.48. The average Bonchev–Trinajstić information content (AvgIpc) is 2.59. The third-order valence-electron chi connectivity index (χ3n) is 3.66. The molecule has 4 nitrogen and oxygen atoms in total. The fraction of sp³-hybridized carbons (Fsp3) is 0.250. The van der Waals surface area contributed by atoms with Crippen LogP contribution in [0.3, 0.4) is 0 Å². The van der Waals surface area contributed by atoms with Crippen molar-refractivity contribution in [3.8, 4) is 11.5 Å². The molecule has 0 spiro atoms. The highest BCUT2D eigenvalue weighted by molar-refractivity contribution is 6.02. The molecule has 0 aliphatic rings. The van der Waals surface area contributed by atoms with Crippen molar-refractivity contribution < 1.29 is 14.3 Å². The van der Waals surface area contributed by atoms with E-state index in [1.807, 2.05) is 36.4 Å². The molecule has 0 aromatic heterocycles. The molecule has 2 aromatic carbocycles. The molecule has 0 unspecified atom stereocenters. The number of carbonyl (C=O) groups excluding carboxylic acids is 1. The van der Waals surface area contributed by atoms with Gasteiger partial charge in [-0.15, -0.1) is 0 Å². The highest BCUT2D eigenvalue weighted by Gasteiger charge is 2.04. The molecule has 0 radical (unpaired) electrons. The summed E-state index contributed by atoms with van der Waals surface area (Å²) in [5.41, 5.74) is 2.85. The molecule has 0 saturated carbocycles. The first-order valence-electron chi connectivity index (χ1n) is 7.84. The third-order valence-corrected chi connectivity index (χ3v) is 3.66. The second kappa shape index (κ2) is 8.20. The number of carbonyl (C=O) groups is 1. The van der Waals surface area contributed by atoms with Crippen molar-refractivity contribution in [2.45, 2.75) is 19.8 Å². The monoisotopic (exact) mass is 325 g/mol. The Kier molecular flexibility index (Phi) is 6.01. The van der Waals surface area contributed by atoms with Crippen LogP contribution in [0.5, 0.6) is 11.5 Å². The molecule has 24 heavy (non-hydrogen) atoms. The number of nitrogens with one attached hydrogen (secondary N) is 1. The minimum atomic E-state index is -0.175. The normalized spacial score (nSPS) is 10.9. The topological polar surface area (TPSA) is 47.6 Å².